The van der Waals surface area contributed by atoms with Crippen LogP contribution in [0.25, 0.3) is 0 Å². The summed E-state index contributed by atoms with van der Waals surface area (Å²) < 4.78 is 0.915. The Hall–Kier alpha value is -1.61. The lowest BCUT2D eigenvalue weighted by Gasteiger charge is -2.10. The SMILES string of the molecule is Cc1cc(Br)cc(C(=O)Nc2cc(C)ccc2C)c1. The lowest BCUT2D eigenvalue weighted by atomic mass is 10.1. The van der Waals surface area contributed by atoms with Gasteiger partial charge in [-0.1, -0.05) is 28.1 Å². The Labute approximate surface area is 122 Å². The molecule has 2 aromatic rings. The maximum Gasteiger partial charge on any atom is 0.255 e. The molecule has 0 saturated carbocycles. The molecule has 0 spiro atoms. The number of amides is 1. The van der Waals surface area contributed by atoms with Crippen LogP contribution in [0.4, 0.5) is 5.69 Å². The lowest BCUT2D eigenvalue weighted by molar-refractivity contribution is 0.102. The second kappa shape index (κ2) is 5.57. The molecule has 0 heterocycles. The molecule has 1 N–H and O–H groups in total. The topological polar surface area (TPSA) is 29.1 Å². The van der Waals surface area contributed by atoms with Gasteiger partial charge in [0, 0.05) is 15.7 Å². The van der Waals surface area contributed by atoms with Crippen LogP contribution in [-0.4, -0.2) is 5.91 Å². The van der Waals surface area contributed by atoms with Crippen molar-refractivity contribution in [1.29, 1.82) is 0 Å². The lowest BCUT2D eigenvalue weighted by Crippen LogP contribution is -2.13. The fourth-order valence-corrected chi connectivity index (χ4v) is 2.54. The molecule has 2 nitrogen and oxygen atoms in total. The number of hydrogen-bond donors (Lipinski definition) is 1. The average Bonchev–Trinajstić information content (AvgIpc) is 2.32. The van der Waals surface area contributed by atoms with Gasteiger partial charge in [0.1, 0.15) is 0 Å². The molecular weight excluding hydrogens is 302 g/mol. The van der Waals surface area contributed by atoms with Crippen molar-refractivity contribution in [3.05, 3.63) is 63.1 Å². The Bertz CT molecular complexity index is 614. The van der Waals surface area contributed by atoms with Gasteiger partial charge in [0.25, 0.3) is 5.91 Å². The standard InChI is InChI=1S/C16H16BrNO/c1-10-4-5-12(3)15(8-10)18-16(19)13-6-11(2)7-14(17)9-13/h4-9H,1-3H3,(H,18,19). The average molecular weight is 318 g/mol. The van der Waals surface area contributed by atoms with E-state index in [2.05, 4.69) is 21.2 Å². The van der Waals surface area contributed by atoms with Crippen LogP contribution in [0.2, 0.25) is 0 Å². The predicted molar refractivity (Wildman–Crippen MR) is 82.7 cm³/mol. The van der Waals surface area contributed by atoms with E-state index in [9.17, 15) is 4.79 Å². The maximum absolute atomic E-state index is 12.3. The van der Waals surface area contributed by atoms with Crippen LogP contribution >= 0.6 is 15.9 Å². The molecular formula is C16H16BrNO. The van der Waals surface area contributed by atoms with Gasteiger partial charge in [-0.15, -0.1) is 0 Å². The quantitative estimate of drug-likeness (QED) is 0.859. The highest BCUT2D eigenvalue weighted by atomic mass is 79.9. The van der Waals surface area contributed by atoms with E-state index in [1.807, 2.05) is 57.2 Å². The molecule has 0 aromatic heterocycles. The second-order valence-corrected chi connectivity index (χ2v) is 5.71. The third-order valence-electron chi connectivity index (χ3n) is 2.95. The summed E-state index contributed by atoms with van der Waals surface area (Å²) in [6.45, 7) is 5.97. The third kappa shape index (κ3) is 3.44. The van der Waals surface area contributed by atoms with E-state index >= 15 is 0 Å². The van der Waals surface area contributed by atoms with Crippen LogP contribution < -0.4 is 5.32 Å². The van der Waals surface area contributed by atoms with Crippen LogP contribution in [-0.2, 0) is 0 Å². The molecule has 0 saturated heterocycles. The molecule has 0 atom stereocenters. The minimum atomic E-state index is -0.0851. The van der Waals surface area contributed by atoms with Crippen molar-refractivity contribution in [1.82, 2.24) is 0 Å². The summed E-state index contributed by atoms with van der Waals surface area (Å²) in [4.78, 5) is 12.3. The van der Waals surface area contributed by atoms with Gasteiger partial charge in [0.15, 0.2) is 0 Å². The van der Waals surface area contributed by atoms with Gasteiger partial charge in [-0.2, -0.15) is 0 Å². The van der Waals surface area contributed by atoms with Gasteiger partial charge in [0.05, 0.1) is 0 Å². The number of anilines is 1. The van der Waals surface area contributed by atoms with E-state index in [4.69, 9.17) is 0 Å². The monoisotopic (exact) mass is 317 g/mol. The van der Waals surface area contributed by atoms with E-state index in [-0.39, 0.29) is 5.91 Å². The number of nitrogens with one attached hydrogen (secondary N) is 1. The Kier molecular flexibility index (Phi) is 4.05. The van der Waals surface area contributed by atoms with Gasteiger partial charge in [-0.05, 0) is 61.7 Å². The molecule has 0 radical (unpaired) electrons. The number of rotatable bonds is 2. The van der Waals surface area contributed by atoms with Crippen molar-refractivity contribution in [2.75, 3.05) is 5.32 Å². The highest BCUT2D eigenvalue weighted by Gasteiger charge is 2.09. The van der Waals surface area contributed by atoms with Gasteiger partial charge in [-0.25, -0.2) is 0 Å². The number of halogens is 1. The fraction of sp³-hybridized carbons (Fsp3) is 0.188. The zero-order valence-corrected chi connectivity index (χ0v) is 12.8. The summed E-state index contributed by atoms with van der Waals surface area (Å²) in [7, 11) is 0. The highest BCUT2D eigenvalue weighted by Crippen LogP contribution is 2.19. The highest BCUT2D eigenvalue weighted by molar-refractivity contribution is 9.10. The number of benzene rings is 2. The molecule has 0 aliphatic heterocycles. The van der Waals surface area contributed by atoms with Gasteiger partial charge >= 0.3 is 0 Å². The Morgan fingerprint density at radius 1 is 1.00 bits per heavy atom. The van der Waals surface area contributed by atoms with Crippen LogP contribution in [0.3, 0.4) is 0 Å². The zero-order valence-electron chi connectivity index (χ0n) is 11.3. The normalized spacial score (nSPS) is 10.3. The first-order valence-electron chi connectivity index (χ1n) is 6.11. The summed E-state index contributed by atoms with van der Waals surface area (Å²) in [5, 5.41) is 2.96. The molecule has 0 aliphatic carbocycles. The predicted octanol–water partition coefficient (Wildman–Crippen LogP) is 4.63. The maximum atomic E-state index is 12.3. The molecule has 3 heteroatoms. The van der Waals surface area contributed by atoms with Gasteiger partial charge in [0.2, 0.25) is 0 Å². The molecule has 2 rings (SSSR count). The van der Waals surface area contributed by atoms with Crippen LogP contribution in [0.5, 0.6) is 0 Å². The molecule has 0 fully saturated rings. The van der Waals surface area contributed by atoms with Crippen LogP contribution in [0, 0.1) is 20.8 Å². The Balaban J connectivity index is 2.28. The number of aryl methyl sites for hydroxylation is 3. The summed E-state index contributed by atoms with van der Waals surface area (Å²) in [5.41, 5.74) is 4.77. The van der Waals surface area contributed by atoms with Crippen molar-refractivity contribution in [3.8, 4) is 0 Å². The smallest absolute Gasteiger partial charge is 0.255 e. The van der Waals surface area contributed by atoms with E-state index in [0.29, 0.717) is 5.56 Å². The van der Waals surface area contributed by atoms with E-state index < -0.39 is 0 Å². The number of carbonyl (C=O) groups excluding carboxylic acids is 1. The van der Waals surface area contributed by atoms with Gasteiger partial charge < -0.3 is 5.32 Å². The minimum Gasteiger partial charge on any atom is -0.322 e. The zero-order chi connectivity index (χ0) is 14.0. The molecule has 0 aliphatic rings. The van der Waals surface area contributed by atoms with Crippen molar-refractivity contribution in [3.63, 3.8) is 0 Å². The van der Waals surface area contributed by atoms with E-state index in [1.54, 1.807) is 0 Å². The van der Waals surface area contributed by atoms with Crippen LogP contribution in [0.1, 0.15) is 27.0 Å². The van der Waals surface area contributed by atoms with Gasteiger partial charge in [-0.3, -0.25) is 4.79 Å². The fourth-order valence-electron chi connectivity index (χ4n) is 1.93. The molecule has 98 valence electrons. The first kappa shape index (κ1) is 13.8. The number of hydrogen-bond acceptors (Lipinski definition) is 1. The largest absolute Gasteiger partial charge is 0.322 e. The molecule has 0 unspecified atom stereocenters. The summed E-state index contributed by atoms with van der Waals surface area (Å²) >= 11 is 3.41. The van der Waals surface area contributed by atoms with Crippen molar-refractivity contribution < 1.29 is 4.79 Å². The summed E-state index contributed by atoms with van der Waals surface area (Å²) in [6, 6.07) is 11.7. The van der Waals surface area contributed by atoms with E-state index in [1.165, 1.54) is 0 Å². The Morgan fingerprint density at radius 2 is 1.74 bits per heavy atom. The first-order chi connectivity index (χ1) is 8.95. The molecule has 19 heavy (non-hydrogen) atoms. The summed E-state index contributed by atoms with van der Waals surface area (Å²) in [6.07, 6.45) is 0. The third-order valence-corrected chi connectivity index (χ3v) is 3.40. The molecule has 1 amide bonds. The second-order valence-electron chi connectivity index (χ2n) is 4.79. The van der Waals surface area contributed by atoms with E-state index in [0.717, 1.165) is 26.9 Å². The summed E-state index contributed by atoms with van der Waals surface area (Å²) in [5.74, 6) is -0.0851. The van der Waals surface area contributed by atoms with Crippen molar-refractivity contribution >= 4 is 27.5 Å². The molecule has 2 aromatic carbocycles. The Morgan fingerprint density at radius 3 is 2.42 bits per heavy atom. The number of carbonyl (C=O) groups is 1. The first-order valence-corrected chi connectivity index (χ1v) is 6.91. The van der Waals surface area contributed by atoms with Crippen molar-refractivity contribution in [2.45, 2.75) is 20.8 Å². The van der Waals surface area contributed by atoms with Crippen molar-refractivity contribution in [2.24, 2.45) is 0 Å². The minimum absolute atomic E-state index is 0.0851. The van der Waals surface area contributed by atoms with Crippen LogP contribution in [0.15, 0.2) is 40.9 Å². The molecule has 0 bridgehead atoms.